The van der Waals surface area contributed by atoms with Crippen molar-refractivity contribution in [1.29, 1.82) is 0 Å². The lowest BCUT2D eigenvalue weighted by Crippen LogP contribution is -2.11. The lowest BCUT2D eigenvalue weighted by molar-refractivity contribution is 0.469. The summed E-state index contributed by atoms with van der Waals surface area (Å²) >= 11 is 4.80. The molecule has 0 unspecified atom stereocenters. The monoisotopic (exact) mass is 129 g/mol. The summed E-state index contributed by atoms with van der Waals surface area (Å²) in [6.45, 7) is 0.866. The molecule has 1 rings (SSSR count). The summed E-state index contributed by atoms with van der Waals surface area (Å²) in [6, 6.07) is 0. The van der Waals surface area contributed by atoms with Crippen LogP contribution in [0.5, 0.6) is 0 Å². The molecule has 0 aromatic heterocycles. The number of aliphatic hydroxyl groups is 1. The summed E-state index contributed by atoms with van der Waals surface area (Å²) in [6.07, 6.45) is 1.93. The van der Waals surface area contributed by atoms with Gasteiger partial charge in [0.05, 0.1) is 6.26 Å². The molecule has 0 spiro atoms. The van der Waals surface area contributed by atoms with Crippen LogP contribution >= 0.6 is 12.2 Å². The van der Waals surface area contributed by atoms with Gasteiger partial charge in [0.15, 0.2) is 0 Å². The van der Waals surface area contributed by atoms with Gasteiger partial charge in [0.2, 0.25) is 0 Å². The van der Waals surface area contributed by atoms with E-state index >= 15 is 0 Å². The van der Waals surface area contributed by atoms with E-state index in [0.717, 1.165) is 24.8 Å². The van der Waals surface area contributed by atoms with Crippen LogP contribution in [0, 0.1) is 0 Å². The fraction of sp³-hybridized carbons (Fsp3) is 0.400. The summed E-state index contributed by atoms with van der Waals surface area (Å²) in [5.74, 6) is 0. The highest BCUT2D eigenvalue weighted by Gasteiger charge is 2.10. The Hall–Kier alpha value is -0.570. The summed E-state index contributed by atoms with van der Waals surface area (Å²) in [4.78, 5) is 0.688. The molecule has 2 nitrogen and oxygen atoms in total. The van der Waals surface area contributed by atoms with E-state index in [1.54, 1.807) is 0 Å². The number of hydrogen-bond acceptors (Lipinski definition) is 2. The third kappa shape index (κ3) is 0.816. The molecule has 1 saturated heterocycles. The molecule has 1 fully saturated rings. The van der Waals surface area contributed by atoms with Gasteiger partial charge in [-0.05, 0) is 6.42 Å². The van der Waals surface area contributed by atoms with Gasteiger partial charge in [-0.15, -0.1) is 0 Å². The largest absolute Gasteiger partial charge is 0.515 e. The molecular weight excluding hydrogens is 122 g/mol. The van der Waals surface area contributed by atoms with Crippen LogP contribution in [0.15, 0.2) is 11.8 Å². The Morgan fingerprint density at radius 3 is 2.75 bits per heavy atom. The maximum absolute atomic E-state index is 8.45. The first-order valence-electron chi connectivity index (χ1n) is 2.46. The summed E-state index contributed by atoms with van der Waals surface area (Å²) in [5.41, 5.74) is 0.847. The van der Waals surface area contributed by atoms with E-state index in [0.29, 0.717) is 4.99 Å². The Labute approximate surface area is 53.2 Å². The third-order valence-electron chi connectivity index (χ3n) is 1.13. The SMILES string of the molecule is OC=C1CCNC1=S. The molecule has 0 saturated carbocycles. The second-order valence-electron chi connectivity index (χ2n) is 1.66. The van der Waals surface area contributed by atoms with Crippen molar-refractivity contribution in [3.8, 4) is 0 Å². The topological polar surface area (TPSA) is 32.3 Å². The van der Waals surface area contributed by atoms with Crippen LogP contribution in [-0.2, 0) is 0 Å². The maximum Gasteiger partial charge on any atom is 0.105 e. The molecule has 0 radical (unpaired) electrons. The average molecular weight is 129 g/mol. The zero-order chi connectivity index (χ0) is 5.98. The Bertz CT molecular complexity index is 141. The van der Waals surface area contributed by atoms with Gasteiger partial charge in [-0.2, -0.15) is 0 Å². The Morgan fingerprint density at radius 1 is 1.75 bits per heavy atom. The van der Waals surface area contributed by atoms with Gasteiger partial charge in [-0.1, -0.05) is 12.2 Å². The molecule has 1 heterocycles. The quantitative estimate of drug-likeness (QED) is 0.287. The molecular formula is C5H7NOS. The number of thiocarbonyl (C=S) groups is 1. The maximum atomic E-state index is 8.45. The van der Waals surface area contributed by atoms with Crippen molar-refractivity contribution in [1.82, 2.24) is 5.32 Å². The van der Waals surface area contributed by atoms with Crippen molar-refractivity contribution in [2.75, 3.05) is 6.54 Å². The van der Waals surface area contributed by atoms with Crippen LogP contribution in [0.25, 0.3) is 0 Å². The number of rotatable bonds is 0. The van der Waals surface area contributed by atoms with Gasteiger partial charge >= 0.3 is 0 Å². The van der Waals surface area contributed by atoms with E-state index in [2.05, 4.69) is 5.32 Å². The molecule has 44 valence electrons. The minimum Gasteiger partial charge on any atom is -0.515 e. The van der Waals surface area contributed by atoms with Gasteiger partial charge in [0.25, 0.3) is 0 Å². The molecule has 0 bridgehead atoms. The van der Waals surface area contributed by atoms with Gasteiger partial charge in [0, 0.05) is 12.1 Å². The average Bonchev–Trinajstić information content (AvgIpc) is 2.14. The van der Waals surface area contributed by atoms with Crippen LogP contribution in [0.2, 0.25) is 0 Å². The fourth-order valence-corrected chi connectivity index (χ4v) is 0.918. The van der Waals surface area contributed by atoms with Crippen LogP contribution in [0.1, 0.15) is 6.42 Å². The van der Waals surface area contributed by atoms with Crippen LogP contribution in [-0.4, -0.2) is 16.6 Å². The lowest BCUT2D eigenvalue weighted by Gasteiger charge is -1.89. The summed E-state index contributed by atoms with van der Waals surface area (Å²) < 4.78 is 0. The van der Waals surface area contributed by atoms with E-state index in [9.17, 15) is 0 Å². The lowest BCUT2D eigenvalue weighted by atomic mass is 10.3. The number of hydrogen-bond donors (Lipinski definition) is 2. The molecule has 1 aliphatic heterocycles. The fourth-order valence-electron chi connectivity index (χ4n) is 0.661. The first-order chi connectivity index (χ1) is 3.84. The zero-order valence-electron chi connectivity index (χ0n) is 4.35. The standard InChI is InChI=1S/C5H7NOS/c7-3-4-1-2-6-5(4)8/h3,7H,1-2H2,(H,6,8). The van der Waals surface area contributed by atoms with Gasteiger partial charge in [0.1, 0.15) is 4.99 Å². The van der Waals surface area contributed by atoms with Crippen molar-refractivity contribution in [3.05, 3.63) is 11.8 Å². The van der Waals surface area contributed by atoms with Crippen LogP contribution in [0.3, 0.4) is 0 Å². The molecule has 0 aromatic carbocycles. The highest BCUT2D eigenvalue weighted by Crippen LogP contribution is 2.06. The third-order valence-corrected chi connectivity index (χ3v) is 1.53. The Morgan fingerprint density at radius 2 is 2.50 bits per heavy atom. The Kier molecular flexibility index (Phi) is 1.48. The molecule has 8 heavy (non-hydrogen) atoms. The minimum atomic E-state index is 0.688. The van der Waals surface area contributed by atoms with Crippen LogP contribution in [0.4, 0.5) is 0 Å². The van der Waals surface area contributed by atoms with Crippen molar-refractivity contribution in [2.24, 2.45) is 0 Å². The molecule has 0 atom stereocenters. The second kappa shape index (κ2) is 2.13. The Balaban J connectivity index is 2.69. The zero-order valence-corrected chi connectivity index (χ0v) is 5.16. The predicted octanol–water partition coefficient (Wildman–Crippen LogP) is 0.749. The van der Waals surface area contributed by atoms with Gasteiger partial charge < -0.3 is 10.4 Å². The van der Waals surface area contributed by atoms with E-state index < -0.39 is 0 Å². The first-order valence-corrected chi connectivity index (χ1v) is 2.87. The van der Waals surface area contributed by atoms with Crippen molar-refractivity contribution >= 4 is 17.2 Å². The first kappa shape index (κ1) is 5.56. The van der Waals surface area contributed by atoms with E-state index in [-0.39, 0.29) is 0 Å². The molecule has 0 aromatic rings. The number of aliphatic hydroxyl groups excluding tert-OH is 1. The molecule has 0 aliphatic carbocycles. The second-order valence-corrected chi connectivity index (χ2v) is 2.07. The smallest absolute Gasteiger partial charge is 0.105 e. The molecule has 1 aliphatic rings. The summed E-state index contributed by atoms with van der Waals surface area (Å²) in [5, 5.41) is 11.4. The highest BCUT2D eigenvalue weighted by molar-refractivity contribution is 7.80. The predicted molar refractivity (Wildman–Crippen MR) is 35.9 cm³/mol. The van der Waals surface area contributed by atoms with E-state index in [4.69, 9.17) is 17.3 Å². The molecule has 0 amide bonds. The highest BCUT2D eigenvalue weighted by atomic mass is 32.1. The van der Waals surface area contributed by atoms with E-state index in [1.165, 1.54) is 0 Å². The minimum absolute atomic E-state index is 0.688. The van der Waals surface area contributed by atoms with Gasteiger partial charge in [-0.25, -0.2) is 0 Å². The molecule has 2 N–H and O–H groups in total. The molecule has 3 heteroatoms. The van der Waals surface area contributed by atoms with Crippen molar-refractivity contribution in [2.45, 2.75) is 6.42 Å². The van der Waals surface area contributed by atoms with Crippen molar-refractivity contribution < 1.29 is 5.11 Å². The van der Waals surface area contributed by atoms with Crippen LogP contribution < -0.4 is 5.32 Å². The van der Waals surface area contributed by atoms with Gasteiger partial charge in [-0.3, -0.25) is 0 Å². The summed E-state index contributed by atoms with van der Waals surface area (Å²) in [7, 11) is 0. The van der Waals surface area contributed by atoms with E-state index in [1.807, 2.05) is 0 Å². The normalized spacial score (nSPS) is 24.0. The van der Waals surface area contributed by atoms with Crippen molar-refractivity contribution in [3.63, 3.8) is 0 Å². The number of nitrogens with one attached hydrogen (secondary N) is 1.